The smallest absolute Gasteiger partial charge is 0.272 e. The van der Waals surface area contributed by atoms with Crippen LogP contribution in [-0.4, -0.2) is 34.7 Å². The average Bonchev–Trinajstić information content (AvgIpc) is 3.37. The van der Waals surface area contributed by atoms with E-state index in [0.717, 1.165) is 22.5 Å². The number of rotatable bonds is 4. The average molecular weight is 534 g/mol. The highest BCUT2D eigenvalue weighted by atomic mass is 35.6. The number of allylic oxidation sites excluding steroid dienone is 1. The molecule has 9 heteroatoms. The minimum Gasteiger partial charge on any atom is -0.497 e. The Hall–Kier alpha value is -2.54. The summed E-state index contributed by atoms with van der Waals surface area (Å²) in [4.78, 5) is 41.2. The number of alkyl halides is 3. The molecule has 6 nitrogen and oxygen atoms in total. The summed E-state index contributed by atoms with van der Waals surface area (Å²) >= 11 is 17.5. The molecule has 0 spiro atoms. The molecule has 4 atom stereocenters. The molecule has 1 N–H and O–H groups in total. The van der Waals surface area contributed by atoms with Gasteiger partial charge in [0, 0.05) is 12.0 Å². The van der Waals surface area contributed by atoms with Gasteiger partial charge in [-0.1, -0.05) is 70.7 Å². The molecule has 5 rings (SSSR count). The van der Waals surface area contributed by atoms with Gasteiger partial charge >= 0.3 is 0 Å². The zero-order valence-corrected chi connectivity index (χ0v) is 21.1. The summed E-state index contributed by atoms with van der Waals surface area (Å²) in [6, 6.07) is 16.2. The largest absolute Gasteiger partial charge is 0.497 e. The Balaban J connectivity index is 1.58. The van der Waals surface area contributed by atoms with Gasteiger partial charge in [-0.15, -0.1) is 0 Å². The Morgan fingerprint density at radius 3 is 2.31 bits per heavy atom. The van der Waals surface area contributed by atoms with Crippen molar-refractivity contribution in [1.29, 1.82) is 0 Å². The molecule has 3 amide bonds. The molecule has 1 heterocycles. The summed E-state index contributed by atoms with van der Waals surface area (Å²) in [5, 5.41) is 2.84. The fourth-order valence-corrected chi connectivity index (χ4v) is 5.94. The van der Waals surface area contributed by atoms with Crippen LogP contribution in [0.2, 0.25) is 0 Å². The van der Waals surface area contributed by atoms with Crippen molar-refractivity contribution < 1.29 is 19.1 Å². The Labute approximate surface area is 218 Å². The van der Waals surface area contributed by atoms with E-state index >= 15 is 0 Å². The number of nitrogens with one attached hydrogen (secondary N) is 1. The minimum absolute atomic E-state index is 0.227. The van der Waals surface area contributed by atoms with E-state index in [4.69, 9.17) is 39.5 Å². The number of ether oxygens (including phenoxy) is 1. The molecule has 182 valence electrons. The van der Waals surface area contributed by atoms with E-state index in [1.807, 2.05) is 30.3 Å². The minimum atomic E-state index is -2.12. The van der Waals surface area contributed by atoms with E-state index in [1.54, 1.807) is 31.4 Å². The topological polar surface area (TPSA) is 75.7 Å². The number of nitrogens with zero attached hydrogens (tertiary/aromatic N) is 1. The molecule has 2 fully saturated rings. The summed E-state index contributed by atoms with van der Waals surface area (Å²) in [5.41, 5.74) is 3.61. The molecule has 0 bridgehead atoms. The lowest BCUT2D eigenvalue weighted by Gasteiger charge is -2.35. The fourth-order valence-electron chi connectivity index (χ4n) is 5.78. The summed E-state index contributed by atoms with van der Waals surface area (Å²) in [6.45, 7) is 0. The van der Waals surface area contributed by atoms with Gasteiger partial charge in [0.2, 0.25) is 11.8 Å². The SMILES string of the molecule is COc1ccc(C2=C3CCC(NC(=O)C(Cl)(Cl)Cl)[C@H]3[C@H]3C(=O)N(c4ccccc4)C(=O)[C@H]3C2)cc1. The molecule has 1 saturated carbocycles. The lowest BCUT2D eigenvalue weighted by atomic mass is 9.68. The number of para-hydroxylation sites is 1. The van der Waals surface area contributed by atoms with Gasteiger partial charge in [0.1, 0.15) is 5.75 Å². The monoisotopic (exact) mass is 532 g/mol. The third-order valence-electron chi connectivity index (χ3n) is 7.26. The third kappa shape index (κ3) is 4.22. The second-order valence-corrected chi connectivity index (χ2v) is 11.3. The Morgan fingerprint density at radius 1 is 1.00 bits per heavy atom. The molecule has 1 aliphatic heterocycles. The van der Waals surface area contributed by atoms with Crippen LogP contribution in [0.1, 0.15) is 24.8 Å². The molecule has 1 unspecified atom stereocenters. The maximum atomic E-state index is 13.7. The van der Waals surface area contributed by atoms with Crippen LogP contribution in [0.25, 0.3) is 5.57 Å². The van der Waals surface area contributed by atoms with Crippen LogP contribution in [0.3, 0.4) is 0 Å². The van der Waals surface area contributed by atoms with Crippen molar-refractivity contribution >= 4 is 63.8 Å². The predicted octanol–water partition coefficient (Wildman–Crippen LogP) is 4.92. The van der Waals surface area contributed by atoms with Crippen molar-refractivity contribution in [3.63, 3.8) is 0 Å². The lowest BCUT2D eigenvalue weighted by molar-refractivity contribution is -0.124. The van der Waals surface area contributed by atoms with Crippen molar-refractivity contribution in [1.82, 2.24) is 5.32 Å². The number of imide groups is 1. The van der Waals surface area contributed by atoms with Crippen molar-refractivity contribution in [3.8, 4) is 5.75 Å². The zero-order chi connectivity index (χ0) is 24.9. The molecule has 1 saturated heterocycles. The number of carbonyl (C=O) groups is 3. The highest BCUT2D eigenvalue weighted by molar-refractivity contribution is 6.76. The normalized spacial score (nSPS) is 26.0. The number of carbonyl (C=O) groups excluding carboxylic acids is 3. The van der Waals surface area contributed by atoms with Crippen molar-refractivity contribution in [2.45, 2.75) is 29.1 Å². The van der Waals surface area contributed by atoms with Gasteiger partial charge in [0.25, 0.3) is 9.70 Å². The van der Waals surface area contributed by atoms with E-state index in [0.29, 0.717) is 24.9 Å². The number of benzene rings is 2. The molecule has 2 aromatic carbocycles. The first kappa shape index (κ1) is 24.2. The second-order valence-electron chi connectivity index (χ2n) is 9.06. The Kier molecular flexibility index (Phi) is 6.32. The lowest BCUT2D eigenvalue weighted by Crippen LogP contribution is -2.48. The standard InChI is InChI=1S/C26H23Cl3N2O4/c1-35-16-9-7-14(8-10-16)18-13-19-22(24(33)31(23(19)32)15-5-3-2-4-6-15)21-17(18)11-12-20(21)30-25(34)26(27,28)29/h2-10,19-22H,11-13H2,1H3,(H,30,34)/t19-,20?,21-,22-/m0/s1. The van der Waals surface area contributed by atoms with Crippen LogP contribution in [0.4, 0.5) is 5.69 Å². The summed E-state index contributed by atoms with van der Waals surface area (Å²) in [7, 11) is 1.61. The van der Waals surface area contributed by atoms with Gasteiger partial charge in [-0.25, -0.2) is 0 Å². The van der Waals surface area contributed by atoms with E-state index in [2.05, 4.69) is 5.32 Å². The molecule has 35 heavy (non-hydrogen) atoms. The van der Waals surface area contributed by atoms with Crippen molar-refractivity contribution in [2.24, 2.45) is 17.8 Å². The van der Waals surface area contributed by atoms with Crippen LogP contribution in [0, 0.1) is 17.8 Å². The molecule has 0 aromatic heterocycles. The van der Waals surface area contributed by atoms with Gasteiger partial charge < -0.3 is 10.1 Å². The number of methoxy groups -OCH3 is 1. The molecule has 2 aromatic rings. The third-order valence-corrected chi connectivity index (χ3v) is 7.78. The van der Waals surface area contributed by atoms with E-state index in [1.165, 1.54) is 4.90 Å². The predicted molar refractivity (Wildman–Crippen MR) is 135 cm³/mol. The highest BCUT2D eigenvalue weighted by Crippen LogP contribution is 2.54. The zero-order valence-electron chi connectivity index (χ0n) is 18.8. The maximum Gasteiger partial charge on any atom is 0.272 e. The first-order chi connectivity index (χ1) is 16.7. The number of halogens is 3. The van der Waals surface area contributed by atoms with E-state index < -0.39 is 27.6 Å². The van der Waals surface area contributed by atoms with Crippen LogP contribution in [-0.2, 0) is 14.4 Å². The first-order valence-electron chi connectivity index (χ1n) is 11.4. The first-order valence-corrected chi connectivity index (χ1v) is 12.5. The van der Waals surface area contributed by atoms with Gasteiger partial charge in [-0.2, -0.15) is 0 Å². The number of hydrogen-bond acceptors (Lipinski definition) is 4. The van der Waals surface area contributed by atoms with Crippen LogP contribution >= 0.6 is 34.8 Å². The summed E-state index contributed by atoms with van der Waals surface area (Å²) in [5.74, 6) is -1.99. The van der Waals surface area contributed by atoms with E-state index in [9.17, 15) is 14.4 Å². The number of hydrogen-bond donors (Lipinski definition) is 1. The maximum absolute atomic E-state index is 13.7. The summed E-state index contributed by atoms with van der Waals surface area (Å²) in [6.07, 6.45) is 1.71. The van der Waals surface area contributed by atoms with Gasteiger partial charge in [0.05, 0.1) is 24.6 Å². The van der Waals surface area contributed by atoms with Crippen molar-refractivity contribution in [3.05, 3.63) is 65.7 Å². The van der Waals surface area contributed by atoms with Crippen molar-refractivity contribution in [2.75, 3.05) is 12.0 Å². The van der Waals surface area contributed by atoms with Gasteiger partial charge in [0.15, 0.2) is 0 Å². The molecule has 0 radical (unpaired) electrons. The molecule has 3 aliphatic rings. The molecule has 2 aliphatic carbocycles. The van der Waals surface area contributed by atoms with Crippen LogP contribution in [0.5, 0.6) is 5.75 Å². The molecular formula is C26H23Cl3N2O4. The summed E-state index contributed by atoms with van der Waals surface area (Å²) < 4.78 is 3.17. The van der Waals surface area contributed by atoms with Crippen LogP contribution < -0.4 is 15.0 Å². The number of amides is 3. The number of anilines is 1. The Bertz CT molecular complexity index is 1210. The number of fused-ring (bicyclic) bond motifs is 3. The quantitative estimate of drug-likeness (QED) is 0.447. The fraction of sp³-hybridized carbons (Fsp3) is 0.346. The van der Waals surface area contributed by atoms with Gasteiger partial charge in [-0.3, -0.25) is 19.3 Å². The Morgan fingerprint density at radius 2 is 1.69 bits per heavy atom. The molecular weight excluding hydrogens is 511 g/mol. The van der Waals surface area contributed by atoms with E-state index in [-0.39, 0.29) is 17.7 Å². The van der Waals surface area contributed by atoms with Crippen LogP contribution in [0.15, 0.2) is 60.2 Å². The highest BCUT2D eigenvalue weighted by Gasteiger charge is 2.58. The van der Waals surface area contributed by atoms with Gasteiger partial charge in [-0.05, 0) is 54.7 Å². The second kappa shape index (κ2) is 9.16.